The SMILES string of the molecule is Cc1cnc(NC(=O)Cc2cc(Oc3ccc(S(C)(=O)=O)cc3)cc(Sc3ncn[nH]3)n2)s1. The second kappa shape index (κ2) is 9.68. The van der Waals surface area contributed by atoms with Crippen LogP contribution in [0.3, 0.4) is 0 Å². The minimum Gasteiger partial charge on any atom is -0.457 e. The number of amides is 1. The topological polar surface area (TPSA) is 140 Å². The second-order valence-corrected chi connectivity index (χ2v) is 11.1. The zero-order chi connectivity index (χ0) is 23.4. The van der Waals surface area contributed by atoms with E-state index in [-0.39, 0.29) is 17.2 Å². The molecule has 3 aromatic heterocycles. The van der Waals surface area contributed by atoms with E-state index < -0.39 is 9.84 Å². The number of aromatic amines is 1. The molecule has 0 unspecified atom stereocenters. The van der Waals surface area contributed by atoms with Gasteiger partial charge in [-0.25, -0.2) is 23.4 Å². The number of aromatic nitrogens is 5. The van der Waals surface area contributed by atoms with E-state index >= 15 is 0 Å². The smallest absolute Gasteiger partial charge is 0.232 e. The molecule has 0 fully saturated rings. The van der Waals surface area contributed by atoms with E-state index in [9.17, 15) is 13.2 Å². The lowest BCUT2D eigenvalue weighted by atomic mass is 10.2. The first-order chi connectivity index (χ1) is 15.7. The summed E-state index contributed by atoms with van der Waals surface area (Å²) in [6.45, 7) is 1.91. The number of rotatable bonds is 8. The van der Waals surface area contributed by atoms with Crippen LogP contribution >= 0.6 is 23.1 Å². The number of ether oxygens (including phenoxy) is 1. The molecule has 170 valence electrons. The first-order valence-corrected chi connectivity index (χ1v) is 13.0. The summed E-state index contributed by atoms with van der Waals surface area (Å²) >= 11 is 2.62. The van der Waals surface area contributed by atoms with Crippen molar-refractivity contribution in [3.8, 4) is 11.5 Å². The fraction of sp³-hybridized carbons (Fsp3) is 0.150. The van der Waals surface area contributed by atoms with Crippen LogP contribution in [-0.4, -0.2) is 45.7 Å². The molecule has 0 aliphatic carbocycles. The number of H-pyrrole nitrogens is 1. The molecule has 0 aliphatic rings. The van der Waals surface area contributed by atoms with Gasteiger partial charge in [-0.15, -0.1) is 11.3 Å². The van der Waals surface area contributed by atoms with Gasteiger partial charge in [-0.05, 0) is 43.0 Å². The summed E-state index contributed by atoms with van der Waals surface area (Å²) < 4.78 is 29.3. The van der Waals surface area contributed by atoms with E-state index in [0.717, 1.165) is 11.1 Å². The number of carbonyl (C=O) groups excluding carboxylic acids is 1. The van der Waals surface area contributed by atoms with Crippen LogP contribution in [0.2, 0.25) is 0 Å². The standard InChI is InChI=1S/C20H18N6O4S3/c1-12-10-21-19(31-12)25-17(27)8-13-7-15(9-18(24-13)32-20-22-11-23-26-20)30-14-3-5-16(6-4-14)33(2,28)29/h3-7,9-11H,8H2,1-2H3,(H,21,25,27)(H,22,23,26). The van der Waals surface area contributed by atoms with Gasteiger partial charge in [0.15, 0.2) is 20.1 Å². The summed E-state index contributed by atoms with van der Waals surface area (Å²) in [5.74, 6) is 0.618. The van der Waals surface area contributed by atoms with Crippen LogP contribution in [0.15, 0.2) is 64.0 Å². The zero-order valence-corrected chi connectivity index (χ0v) is 19.9. The van der Waals surface area contributed by atoms with Crippen molar-refractivity contribution in [1.82, 2.24) is 25.1 Å². The van der Waals surface area contributed by atoms with Gasteiger partial charge in [0.2, 0.25) is 5.91 Å². The predicted molar refractivity (Wildman–Crippen MR) is 124 cm³/mol. The molecular formula is C20H18N6O4S3. The fourth-order valence-corrected chi connectivity index (χ4v) is 4.75. The second-order valence-electron chi connectivity index (χ2n) is 6.87. The molecule has 33 heavy (non-hydrogen) atoms. The summed E-state index contributed by atoms with van der Waals surface area (Å²) in [7, 11) is -3.31. The van der Waals surface area contributed by atoms with E-state index in [0.29, 0.717) is 32.5 Å². The van der Waals surface area contributed by atoms with E-state index in [4.69, 9.17) is 4.74 Å². The molecule has 0 aliphatic heterocycles. The van der Waals surface area contributed by atoms with Crippen molar-refractivity contribution in [2.75, 3.05) is 11.6 Å². The Labute approximate surface area is 197 Å². The molecule has 0 radical (unpaired) electrons. The number of hydrogen-bond acceptors (Lipinski definition) is 10. The number of nitrogens with one attached hydrogen (secondary N) is 2. The maximum Gasteiger partial charge on any atom is 0.232 e. The molecule has 13 heteroatoms. The van der Waals surface area contributed by atoms with E-state index in [1.54, 1.807) is 30.5 Å². The third-order valence-corrected chi connectivity index (χ3v) is 6.88. The zero-order valence-electron chi connectivity index (χ0n) is 17.5. The molecule has 10 nitrogen and oxygen atoms in total. The highest BCUT2D eigenvalue weighted by atomic mass is 32.2. The summed E-state index contributed by atoms with van der Waals surface area (Å²) in [6.07, 6.45) is 4.22. The highest BCUT2D eigenvalue weighted by Gasteiger charge is 2.13. The van der Waals surface area contributed by atoms with Gasteiger partial charge in [0.1, 0.15) is 22.9 Å². The maximum atomic E-state index is 12.5. The Kier molecular flexibility index (Phi) is 6.72. The van der Waals surface area contributed by atoms with Crippen LogP contribution in [0.4, 0.5) is 5.13 Å². The third kappa shape index (κ3) is 6.37. The minimum atomic E-state index is -3.31. The maximum absolute atomic E-state index is 12.5. The lowest BCUT2D eigenvalue weighted by molar-refractivity contribution is -0.115. The van der Waals surface area contributed by atoms with Crippen LogP contribution in [0, 0.1) is 6.92 Å². The van der Waals surface area contributed by atoms with Crippen LogP contribution in [0.5, 0.6) is 11.5 Å². The number of pyridine rings is 1. The molecule has 1 aromatic carbocycles. The number of thiazole rings is 1. The monoisotopic (exact) mass is 502 g/mol. The van der Waals surface area contributed by atoms with Gasteiger partial charge in [0.05, 0.1) is 17.0 Å². The van der Waals surface area contributed by atoms with Crippen molar-refractivity contribution < 1.29 is 17.9 Å². The van der Waals surface area contributed by atoms with Gasteiger partial charge in [-0.3, -0.25) is 9.89 Å². The fourth-order valence-electron chi connectivity index (χ4n) is 2.71. The molecule has 2 N–H and O–H groups in total. The number of sulfone groups is 1. The Balaban J connectivity index is 1.56. The molecule has 4 rings (SSSR count). The molecule has 0 saturated heterocycles. The first-order valence-electron chi connectivity index (χ1n) is 9.49. The van der Waals surface area contributed by atoms with Crippen LogP contribution < -0.4 is 10.1 Å². The Morgan fingerprint density at radius 3 is 2.61 bits per heavy atom. The Hall–Kier alpha value is -3.29. The van der Waals surface area contributed by atoms with E-state index in [2.05, 4.69) is 30.5 Å². The molecule has 0 spiro atoms. The van der Waals surface area contributed by atoms with Crippen molar-refractivity contribution in [2.24, 2.45) is 0 Å². The summed E-state index contributed by atoms with van der Waals surface area (Å²) in [4.78, 5) is 26.4. The van der Waals surface area contributed by atoms with Crippen LogP contribution in [0.1, 0.15) is 10.6 Å². The minimum absolute atomic E-state index is 0.00675. The van der Waals surface area contributed by atoms with Crippen molar-refractivity contribution >= 4 is 44.0 Å². The molecule has 0 atom stereocenters. The number of aryl methyl sites for hydroxylation is 1. The Bertz CT molecular complexity index is 1370. The summed E-state index contributed by atoms with van der Waals surface area (Å²) in [6, 6.07) is 9.43. The largest absolute Gasteiger partial charge is 0.457 e. The van der Waals surface area contributed by atoms with Crippen LogP contribution in [-0.2, 0) is 21.1 Å². The average molecular weight is 503 g/mol. The highest BCUT2D eigenvalue weighted by Crippen LogP contribution is 2.30. The number of anilines is 1. The van der Waals surface area contributed by atoms with Crippen molar-refractivity contribution in [1.29, 1.82) is 0 Å². The quantitative estimate of drug-likeness (QED) is 0.370. The predicted octanol–water partition coefficient (Wildman–Crippen LogP) is 3.49. The molecule has 0 saturated carbocycles. The molecule has 3 heterocycles. The van der Waals surface area contributed by atoms with E-state index in [1.807, 2.05) is 6.92 Å². The van der Waals surface area contributed by atoms with Gasteiger partial charge >= 0.3 is 0 Å². The van der Waals surface area contributed by atoms with Crippen molar-refractivity contribution in [3.05, 3.63) is 59.5 Å². The Morgan fingerprint density at radius 2 is 1.97 bits per heavy atom. The highest BCUT2D eigenvalue weighted by molar-refractivity contribution is 7.99. The summed E-state index contributed by atoms with van der Waals surface area (Å²) in [5, 5.41) is 10.9. The number of carbonyl (C=O) groups is 1. The Morgan fingerprint density at radius 1 is 1.18 bits per heavy atom. The summed E-state index contributed by atoms with van der Waals surface area (Å²) in [5.41, 5.74) is 0.480. The van der Waals surface area contributed by atoms with Crippen molar-refractivity contribution in [3.63, 3.8) is 0 Å². The molecule has 1 amide bonds. The van der Waals surface area contributed by atoms with Gasteiger partial charge < -0.3 is 10.1 Å². The van der Waals surface area contributed by atoms with Gasteiger partial charge in [-0.1, -0.05) is 0 Å². The number of hydrogen-bond donors (Lipinski definition) is 2. The lowest BCUT2D eigenvalue weighted by Crippen LogP contribution is -2.15. The van der Waals surface area contributed by atoms with Gasteiger partial charge in [0.25, 0.3) is 0 Å². The molecule has 0 bridgehead atoms. The van der Waals surface area contributed by atoms with Crippen molar-refractivity contribution in [2.45, 2.75) is 28.4 Å². The first kappa shape index (κ1) is 22.9. The normalized spacial score (nSPS) is 11.3. The number of nitrogens with zero attached hydrogens (tertiary/aromatic N) is 4. The average Bonchev–Trinajstić information content (AvgIpc) is 3.39. The van der Waals surface area contributed by atoms with Gasteiger partial charge in [-0.2, -0.15) is 5.10 Å². The lowest BCUT2D eigenvalue weighted by Gasteiger charge is -2.10. The van der Waals surface area contributed by atoms with Gasteiger partial charge in [0, 0.05) is 29.5 Å². The van der Waals surface area contributed by atoms with Crippen LogP contribution in [0.25, 0.3) is 0 Å². The third-order valence-electron chi connectivity index (χ3n) is 4.12. The molecular weight excluding hydrogens is 484 g/mol. The van der Waals surface area contributed by atoms with E-state index in [1.165, 1.54) is 41.6 Å². The number of benzene rings is 1. The molecule has 4 aromatic rings.